The van der Waals surface area contributed by atoms with Crippen molar-refractivity contribution < 1.29 is 4.79 Å². The number of piperazine rings is 1. The van der Waals surface area contributed by atoms with Gasteiger partial charge in [-0.1, -0.05) is 6.07 Å². The highest BCUT2D eigenvalue weighted by Crippen LogP contribution is 2.12. The topological polar surface area (TPSA) is 62.5 Å². The van der Waals surface area contributed by atoms with Gasteiger partial charge in [-0.15, -0.1) is 0 Å². The van der Waals surface area contributed by atoms with Crippen LogP contribution in [0.15, 0.2) is 18.3 Å². The molecular weight excluding hydrogens is 216 g/mol. The van der Waals surface area contributed by atoms with Crippen molar-refractivity contribution in [3.05, 3.63) is 23.9 Å². The van der Waals surface area contributed by atoms with E-state index in [9.17, 15) is 4.79 Å². The average molecular weight is 234 g/mol. The molecule has 2 N–H and O–H groups in total. The summed E-state index contributed by atoms with van der Waals surface area (Å²) >= 11 is 0. The molecule has 0 aromatic carbocycles. The van der Waals surface area contributed by atoms with Gasteiger partial charge in [-0.2, -0.15) is 0 Å². The maximum atomic E-state index is 11.2. The number of nitrogen functional groups attached to an aromatic ring is 1. The zero-order chi connectivity index (χ0) is 12.3. The van der Waals surface area contributed by atoms with Crippen LogP contribution in [0.2, 0.25) is 0 Å². The maximum Gasteiger partial charge on any atom is 0.219 e. The minimum Gasteiger partial charge on any atom is -0.383 e. The van der Waals surface area contributed by atoms with E-state index in [0.29, 0.717) is 5.82 Å². The van der Waals surface area contributed by atoms with Crippen LogP contribution in [0.25, 0.3) is 0 Å². The molecule has 0 spiro atoms. The highest BCUT2D eigenvalue weighted by atomic mass is 16.2. The first-order valence-corrected chi connectivity index (χ1v) is 5.84. The van der Waals surface area contributed by atoms with Crippen LogP contribution in [0.5, 0.6) is 0 Å². The number of nitrogens with two attached hydrogens (primary N) is 1. The van der Waals surface area contributed by atoms with Gasteiger partial charge in [-0.25, -0.2) is 4.98 Å². The van der Waals surface area contributed by atoms with Crippen LogP contribution >= 0.6 is 0 Å². The molecule has 0 saturated carbocycles. The predicted molar refractivity (Wildman–Crippen MR) is 66.2 cm³/mol. The molecule has 1 aromatic heterocycles. The van der Waals surface area contributed by atoms with Crippen LogP contribution in [0, 0.1) is 0 Å². The molecule has 1 saturated heterocycles. The summed E-state index contributed by atoms with van der Waals surface area (Å²) in [4.78, 5) is 19.4. The Bertz CT molecular complexity index is 399. The third kappa shape index (κ3) is 2.94. The summed E-state index contributed by atoms with van der Waals surface area (Å²) in [5, 5.41) is 0. The van der Waals surface area contributed by atoms with E-state index in [1.165, 1.54) is 0 Å². The fourth-order valence-corrected chi connectivity index (χ4v) is 2.05. The summed E-state index contributed by atoms with van der Waals surface area (Å²) in [5.41, 5.74) is 6.87. The number of pyridine rings is 1. The number of amides is 1. The van der Waals surface area contributed by atoms with Crippen molar-refractivity contribution in [3.8, 4) is 0 Å². The van der Waals surface area contributed by atoms with Gasteiger partial charge < -0.3 is 10.6 Å². The molecule has 0 aliphatic carbocycles. The average Bonchev–Trinajstić information content (AvgIpc) is 2.33. The first-order chi connectivity index (χ1) is 8.16. The smallest absolute Gasteiger partial charge is 0.219 e. The quantitative estimate of drug-likeness (QED) is 0.801. The van der Waals surface area contributed by atoms with E-state index in [0.717, 1.165) is 38.3 Å². The third-order valence-electron chi connectivity index (χ3n) is 3.14. The van der Waals surface area contributed by atoms with Crippen LogP contribution in [-0.2, 0) is 11.3 Å². The van der Waals surface area contributed by atoms with Crippen molar-refractivity contribution in [2.75, 3.05) is 31.9 Å². The summed E-state index contributed by atoms with van der Waals surface area (Å²) in [5.74, 6) is 0.757. The molecule has 0 unspecified atom stereocenters. The Kier molecular flexibility index (Phi) is 3.58. The molecule has 17 heavy (non-hydrogen) atoms. The maximum absolute atomic E-state index is 11.2. The Morgan fingerprint density at radius 3 is 2.71 bits per heavy atom. The van der Waals surface area contributed by atoms with E-state index in [2.05, 4.69) is 9.88 Å². The molecule has 2 rings (SSSR count). The van der Waals surface area contributed by atoms with E-state index in [4.69, 9.17) is 5.73 Å². The van der Waals surface area contributed by atoms with Gasteiger partial charge in [0, 0.05) is 51.4 Å². The predicted octanol–water partition coefficient (Wildman–Crippen LogP) is 0.328. The lowest BCUT2D eigenvalue weighted by atomic mass is 10.2. The lowest BCUT2D eigenvalue weighted by molar-refractivity contribution is -0.130. The molecule has 0 atom stereocenters. The van der Waals surface area contributed by atoms with E-state index in [-0.39, 0.29) is 5.91 Å². The van der Waals surface area contributed by atoms with Crippen molar-refractivity contribution in [3.63, 3.8) is 0 Å². The Morgan fingerprint density at radius 1 is 1.41 bits per heavy atom. The highest BCUT2D eigenvalue weighted by Gasteiger charge is 2.18. The highest BCUT2D eigenvalue weighted by molar-refractivity contribution is 5.73. The van der Waals surface area contributed by atoms with Gasteiger partial charge in [0.25, 0.3) is 0 Å². The zero-order valence-electron chi connectivity index (χ0n) is 10.1. The number of carbonyl (C=O) groups is 1. The molecule has 1 aliphatic heterocycles. The molecule has 92 valence electrons. The fraction of sp³-hybridized carbons (Fsp3) is 0.500. The fourth-order valence-electron chi connectivity index (χ4n) is 2.05. The van der Waals surface area contributed by atoms with Gasteiger partial charge in [0.05, 0.1) is 0 Å². The third-order valence-corrected chi connectivity index (χ3v) is 3.14. The van der Waals surface area contributed by atoms with Crippen LogP contribution < -0.4 is 5.73 Å². The van der Waals surface area contributed by atoms with E-state index < -0.39 is 0 Å². The van der Waals surface area contributed by atoms with Gasteiger partial charge in [0.1, 0.15) is 5.82 Å². The minimum absolute atomic E-state index is 0.158. The molecule has 5 nitrogen and oxygen atoms in total. The summed E-state index contributed by atoms with van der Waals surface area (Å²) in [6.07, 6.45) is 1.70. The molecule has 0 radical (unpaired) electrons. The van der Waals surface area contributed by atoms with Crippen LogP contribution in [0.4, 0.5) is 5.82 Å². The number of aromatic nitrogens is 1. The summed E-state index contributed by atoms with van der Waals surface area (Å²) in [7, 11) is 0. The minimum atomic E-state index is 0.158. The Morgan fingerprint density at radius 2 is 2.12 bits per heavy atom. The van der Waals surface area contributed by atoms with E-state index >= 15 is 0 Å². The standard InChI is InChI=1S/C12H18N4O/c1-10(17)16-7-5-15(6-8-16)9-11-3-2-4-14-12(11)13/h2-4H,5-9H2,1H3,(H2,13,14). The normalized spacial score (nSPS) is 17.1. The van der Waals surface area contributed by atoms with E-state index in [1.54, 1.807) is 13.1 Å². The number of carbonyl (C=O) groups excluding carboxylic acids is 1. The first kappa shape index (κ1) is 11.9. The van der Waals surface area contributed by atoms with Gasteiger partial charge in [-0.05, 0) is 6.07 Å². The van der Waals surface area contributed by atoms with Crippen LogP contribution in [-0.4, -0.2) is 46.9 Å². The Hall–Kier alpha value is -1.62. The molecule has 1 aromatic rings. The Balaban J connectivity index is 1.90. The van der Waals surface area contributed by atoms with Crippen molar-refractivity contribution >= 4 is 11.7 Å². The summed E-state index contributed by atoms with van der Waals surface area (Å²) in [6.45, 7) is 5.83. The van der Waals surface area contributed by atoms with E-state index in [1.807, 2.05) is 17.0 Å². The van der Waals surface area contributed by atoms with Gasteiger partial charge in [-0.3, -0.25) is 9.69 Å². The number of nitrogens with zero attached hydrogens (tertiary/aromatic N) is 3. The summed E-state index contributed by atoms with van der Waals surface area (Å²) < 4.78 is 0. The van der Waals surface area contributed by atoms with Gasteiger partial charge in [0.15, 0.2) is 0 Å². The molecule has 0 bridgehead atoms. The largest absolute Gasteiger partial charge is 0.383 e. The zero-order valence-corrected chi connectivity index (χ0v) is 10.1. The lowest BCUT2D eigenvalue weighted by Crippen LogP contribution is -2.47. The molecular formula is C12H18N4O. The summed E-state index contributed by atoms with van der Waals surface area (Å²) in [6, 6.07) is 3.90. The van der Waals surface area contributed by atoms with Crippen molar-refractivity contribution in [2.45, 2.75) is 13.5 Å². The van der Waals surface area contributed by atoms with Crippen molar-refractivity contribution in [2.24, 2.45) is 0 Å². The number of hydrogen-bond donors (Lipinski definition) is 1. The monoisotopic (exact) mass is 234 g/mol. The second-order valence-electron chi connectivity index (χ2n) is 4.33. The SMILES string of the molecule is CC(=O)N1CCN(Cc2cccnc2N)CC1. The molecule has 2 heterocycles. The number of anilines is 1. The second-order valence-corrected chi connectivity index (χ2v) is 4.33. The molecule has 1 amide bonds. The number of rotatable bonds is 2. The molecule has 5 heteroatoms. The lowest BCUT2D eigenvalue weighted by Gasteiger charge is -2.34. The van der Waals surface area contributed by atoms with Crippen LogP contribution in [0.3, 0.4) is 0 Å². The Labute approximate surface area is 101 Å². The first-order valence-electron chi connectivity index (χ1n) is 5.84. The number of hydrogen-bond acceptors (Lipinski definition) is 4. The van der Waals surface area contributed by atoms with Crippen molar-refractivity contribution in [1.82, 2.24) is 14.8 Å². The van der Waals surface area contributed by atoms with Gasteiger partial charge in [0.2, 0.25) is 5.91 Å². The van der Waals surface area contributed by atoms with Crippen LogP contribution in [0.1, 0.15) is 12.5 Å². The molecule has 1 aliphatic rings. The van der Waals surface area contributed by atoms with Crippen molar-refractivity contribution in [1.29, 1.82) is 0 Å². The van der Waals surface area contributed by atoms with Gasteiger partial charge >= 0.3 is 0 Å². The molecule has 1 fully saturated rings. The second kappa shape index (κ2) is 5.14.